The standard InChI is InChI=1S/C21H34N4O2/c1-6-27-20(26)25-13-11-17(12-14-25)24-19(22-5)23-15-21(3,4)18-10-8-7-9-16(18)2/h7-10,17H,6,11-15H2,1-5H3,(H2,22,23,24). The van der Waals surface area contributed by atoms with Crippen LogP contribution in [0.5, 0.6) is 0 Å². The average molecular weight is 375 g/mol. The van der Waals surface area contributed by atoms with E-state index in [1.807, 2.05) is 6.92 Å². The Labute approximate surface area is 163 Å². The predicted octanol–water partition coefficient (Wildman–Crippen LogP) is 3.06. The van der Waals surface area contributed by atoms with Gasteiger partial charge in [-0.15, -0.1) is 0 Å². The van der Waals surface area contributed by atoms with Gasteiger partial charge in [0.25, 0.3) is 0 Å². The number of hydrogen-bond acceptors (Lipinski definition) is 3. The number of likely N-dealkylation sites (tertiary alicyclic amines) is 1. The molecule has 0 saturated carbocycles. The zero-order valence-electron chi connectivity index (χ0n) is 17.3. The molecule has 1 fully saturated rings. The topological polar surface area (TPSA) is 66.0 Å². The summed E-state index contributed by atoms with van der Waals surface area (Å²) in [5, 5.41) is 6.97. The summed E-state index contributed by atoms with van der Waals surface area (Å²) in [5.41, 5.74) is 2.64. The van der Waals surface area contributed by atoms with E-state index in [1.165, 1.54) is 11.1 Å². The first-order valence-electron chi connectivity index (χ1n) is 9.82. The van der Waals surface area contributed by atoms with Crippen LogP contribution in [0.15, 0.2) is 29.3 Å². The second kappa shape index (κ2) is 9.62. The molecule has 1 aliphatic rings. The first-order chi connectivity index (χ1) is 12.9. The molecule has 0 bridgehead atoms. The molecule has 1 aliphatic heterocycles. The van der Waals surface area contributed by atoms with E-state index in [4.69, 9.17) is 4.74 Å². The van der Waals surface area contributed by atoms with Crippen LogP contribution in [0.2, 0.25) is 0 Å². The highest BCUT2D eigenvalue weighted by Crippen LogP contribution is 2.25. The lowest BCUT2D eigenvalue weighted by Crippen LogP contribution is -2.51. The van der Waals surface area contributed by atoms with E-state index in [0.29, 0.717) is 25.7 Å². The van der Waals surface area contributed by atoms with Crippen molar-refractivity contribution >= 4 is 12.1 Å². The zero-order chi connectivity index (χ0) is 19.9. The molecule has 2 rings (SSSR count). The Balaban J connectivity index is 1.85. The summed E-state index contributed by atoms with van der Waals surface area (Å²) in [7, 11) is 1.80. The zero-order valence-corrected chi connectivity index (χ0v) is 17.3. The third-order valence-electron chi connectivity index (χ3n) is 5.16. The number of guanidine groups is 1. The van der Waals surface area contributed by atoms with E-state index in [-0.39, 0.29) is 11.5 Å². The van der Waals surface area contributed by atoms with Gasteiger partial charge >= 0.3 is 6.09 Å². The number of ether oxygens (including phenoxy) is 1. The molecule has 1 amide bonds. The van der Waals surface area contributed by atoms with Gasteiger partial charge in [-0.1, -0.05) is 38.1 Å². The normalized spacial score (nSPS) is 16.2. The van der Waals surface area contributed by atoms with E-state index in [0.717, 1.165) is 25.3 Å². The summed E-state index contributed by atoms with van der Waals surface area (Å²) >= 11 is 0. The Hall–Kier alpha value is -2.24. The molecule has 1 heterocycles. The SMILES string of the molecule is CCOC(=O)N1CCC(NC(=NC)NCC(C)(C)c2ccccc2C)CC1. The molecule has 1 aromatic rings. The number of hydrogen-bond donors (Lipinski definition) is 2. The lowest BCUT2D eigenvalue weighted by Gasteiger charge is -2.33. The molecule has 1 saturated heterocycles. The molecular formula is C21H34N4O2. The van der Waals surface area contributed by atoms with E-state index in [9.17, 15) is 4.79 Å². The molecule has 6 heteroatoms. The van der Waals surface area contributed by atoms with Crippen LogP contribution in [0, 0.1) is 6.92 Å². The molecule has 0 atom stereocenters. The molecule has 0 unspecified atom stereocenters. The summed E-state index contributed by atoms with van der Waals surface area (Å²) < 4.78 is 5.08. The maximum Gasteiger partial charge on any atom is 0.409 e. The van der Waals surface area contributed by atoms with Crippen LogP contribution in [0.25, 0.3) is 0 Å². The molecule has 0 aliphatic carbocycles. The van der Waals surface area contributed by atoms with Crippen LogP contribution in [0.3, 0.4) is 0 Å². The van der Waals surface area contributed by atoms with Gasteiger partial charge in [0.05, 0.1) is 6.61 Å². The fourth-order valence-corrected chi connectivity index (χ4v) is 3.54. The second-order valence-electron chi connectivity index (χ2n) is 7.73. The number of benzene rings is 1. The summed E-state index contributed by atoms with van der Waals surface area (Å²) in [4.78, 5) is 18.0. The van der Waals surface area contributed by atoms with Gasteiger partial charge in [-0.2, -0.15) is 0 Å². The second-order valence-corrected chi connectivity index (χ2v) is 7.73. The van der Waals surface area contributed by atoms with Gasteiger partial charge in [0.2, 0.25) is 0 Å². The summed E-state index contributed by atoms with van der Waals surface area (Å²) in [5.74, 6) is 0.811. The number of rotatable bonds is 5. The van der Waals surface area contributed by atoms with Crippen LogP contribution in [0.1, 0.15) is 44.7 Å². The number of carbonyl (C=O) groups is 1. The lowest BCUT2D eigenvalue weighted by molar-refractivity contribution is 0.0963. The Morgan fingerprint density at radius 3 is 2.56 bits per heavy atom. The average Bonchev–Trinajstić information content (AvgIpc) is 2.66. The van der Waals surface area contributed by atoms with Gasteiger partial charge in [0.15, 0.2) is 5.96 Å². The van der Waals surface area contributed by atoms with Gasteiger partial charge < -0.3 is 20.3 Å². The number of carbonyl (C=O) groups excluding carboxylic acids is 1. The van der Waals surface area contributed by atoms with E-state index in [2.05, 4.69) is 60.7 Å². The molecule has 150 valence electrons. The third kappa shape index (κ3) is 5.88. The van der Waals surface area contributed by atoms with Crippen molar-refractivity contribution in [3.05, 3.63) is 35.4 Å². The summed E-state index contributed by atoms with van der Waals surface area (Å²) in [6, 6.07) is 8.82. The molecule has 0 aromatic heterocycles. The highest BCUT2D eigenvalue weighted by molar-refractivity contribution is 5.80. The maximum absolute atomic E-state index is 11.8. The van der Waals surface area contributed by atoms with Crippen LogP contribution in [-0.4, -0.2) is 56.3 Å². The summed E-state index contributed by atoms with van der Waals surface area (Å²) in [6.07, 6.45) is 1.57. The van der Waals surface area contributed by atoms with E-state index >= 15 is 0 Å². The number of piperidine rings is 1. The van der Waals surface area contributed by atoms with Crippen LogP contribution < -0.4 is 10.6 Å². The molecule has 27 heavy (non-hydrogen) atoms. The van der Waals surface area contributed by atoms with Gasteiger partial charge in [-0.25, -0.2) is 4.79 Å². The number of aryl methyl sites for hydroxylation is 1. The van der Waals surface area contributed by atoms with Crippen molar-refractivity contribution < 1.29 is 9.53 Å². The largest absolute Gasteiger partial charge is 0.450 e. The van der Waals surface area contributed by atoms with Crippen LogP contribution >= 0.6 is 0 Å². The van der Waals surface area contributed by atoms with Crippen molar-refractivity contribution in [2.75, 3.05) is 33.3 Å². The van der Waals surface area contributed by atoms with Gasteiger partial charge in [0.1, 0.15) is 0 Å². The third-order valence-corrected chi connectivity index (χ3v) is 5.16. The molecule has 2 N–H and O–H groups in total. The fourth-order valence-electron chi connectivity index (χ4n) is 3.54. The fraction of sp³-hybridized carbons (Fsp3) is 0.619. The van der Waals surface area contributed by atoms with Gasteiger partial charge in [0, 0.05) is 38.1 Å². The first kappa shape index (κ1) is 21.1. The Morgan fingerprint density at radius 2 is 1.96 bits per heavy atom. The van der Waals surface area contributed by atoms with Crippen molar-refractivity contribution in [1.82, 2.24) is 15.5 Å². The van der Waals surface area contributed by atoms with Crippen LogP contribution in [-0.2, 0) is 10.2 Å². The maximum atomic E-state index is 11.8. The van der Waals surface area contributed by atoms with Gasteiger partial charge in [-0.3, -0.25) is 4.99 Å². The number of nitrogens with zero attached hydrogens (tertiary/aromatic N) is 2. The Morgan fingerprint density at radius 1 is 1.30 bits per heavy atom. The minimum absolute atomic E-state index is 0.00373. The first-order valence-corrected chi connectivity index (χ1v) is 9.82. The minimum atomic E-state index is -0.210. The Bertz CT molecular complexity index is 649. The van der Waals surface area contributed by atoms with E-state index < -0.39 is 0 Å². The lowest BCUT2D eigenvalue weighted by atomic mass is 9.82. The molecular weight excluding hydrogens is 340 g/mol. The molecule has 1 aromatic carbocycles. The van der Waals surface area contributed by atoms with Crippen molar-refractivity contribution in [2.24, 2.45) is 4.99 Å². The molecule has 0 spiro atoms. The number of amides is 1. The van der Waals surface area contributed by atoms with Gasteiger partial charge in [-0.05, 0) is 37.8 Å². The highest BCUT2D eigenvalue weighted by Gasteiger charge is 2.25. The highest BCUT2D eigenvalue weighted by atomic mass is 16.6. The van der Waals surface area contributed by atoms with Crippen molar-refractivity contribution in [3.8, 4) is 0 Å². The van der Waals surface area contributed by atoms with Crippen molar-refractivity contribution in [3.63, 3.8) is 0 Å². The molecule has 0 radical (unpaired) electrons. The minimum Gasteiger partial charge on any atom is -0.450 e. The van der Waals surface area contributed by atoms with E-state index in [1.54, 1.807) is 11.9 Å². The monoisotopic (exact) mass is 374 g/mol. The quantitative estimate of drug-likeness (QED) is 0.614. The summed E-state index contributed by atoms with van der Waals surface area (Å²) in [6.45, 7) is 11.1. The van der Waals surface area contributed by atoms with Crippen molar-refractivity contribution in [2.45, 2.75) is 52.0 Å². The van der Waals surface area contributed by atoms with Crippen LogP contribution in [0.4, 0.5) is 4.79 Å². The van der Waals surface area contributed by atoms with Crippen molar-refractivity contribution in [1.29, 1.82) is 0 Å². The predicted molar refractivity (Wildman–Crippen MR) is 110 cm³/mol. The number of nitrogens with one attached hydrogen (secondary N) is 2. The smallest absolute Gasteiger partial charge is 0.409 e. The molecule has 6 nitrogen and oxygen atoms in total. The Kier molecular flexibility index (Phi) is 7.51. The number of aliphatic imine (C=N–C) groups is 1.